The van der Waals surface area contributed by atoms with E-state index in [0.717, 1.165) is 0 Å². The van der Waals surface area contributed by atoms with Crippen LogP contribution in [-0.4, -0.2) is 40.6 Å². The zero-order valence-corrected chi connectivity index (χ0v) is 16.3. The number of hydrogen-bond acceptors (Lipinski definition) is 5. The molecule has 1 aromatic carbocycles. The number of anilines is 1. The van der Waals surface area contributed by atoms with Crippen LogP contribution in [0.25, 0.3) is 10.9 Å². The van der Waals surface area contributed by atoms with Gasteiger partial charge in [0.2, 0.25) is 0 Å². The monoisotopic (exact) mass is 402 g/mol. The lowest BCUT2D eigenvalue weighted by molar-refractivity contribution is 0.102. The van der Waals surface area contributed by atoms with Gasteiger partial charge < -0.3 is 5.32 Å². The summed E-state index contributed by atoms with van der Waals surface area (Å²) in [5.41, 5.74) is 2.75. The normalized spacial score (nSPS) is 18.5. The molecule has 9 heteroatoms. The number of fused-ring (bicyclic) bond motifs is 1. The Kier molecular flexibility index (Phi) is 4.41. The van der Waals surface area contributed by atoms with Crippen LogP contribution < -0.4 is 5.32 Å². The Morgan fingerprint density at radius 1 is 1.29 bits per heavy atom. The second kappa shape index (κ2) is 6.66. The molecule has 1 fully saturated rings. The number of nitrogens with one attached hydrogen (secondary N) is 1. The Hall–Kier alpha value is -2.81. The average Bonchev–Trinajstić information content (AvgIpc) is 3.14. The molecule has 1 N–H and O–H groups in total. The maximum atomic E-state index is 13.4. The highest BCUT2D eigenvalue weighted by Crippen LogP contribution is 2.29. The smallest absolute Gasteiger partial charge is 0.257 e. The minimum absolute atomic E-state index is 0.0580. The minimum atomic E-state index is -3.04. The number of pyridine rings is 1. The molecule has 1 saturated heterocycles. The van der Waals surface area contributed by atoms with Gasteiger partial charge in [0.05, 0.1) is 45.7 Å². The number of aryl methyl sites for hydroxylation is 1. The molecular formula is C19H19FN4O3S. The summed E-state index contributed by atoms with van der Waals surface area (Å²) in [6, 6.07) is 5.56. The molecule has 1 amide bonds. The van der Waals surface area contributed by atoms with Gasteiger partial charge in [-0.25, -0.2) is 12.8 Å². The van der Waals surface area contributed by atoms with E-state index >= 15 is 0 Å². The van der Waals surface area contributed by atoms with Crippen molar-refractivity contribution in [2.45, 2.75) is 26.3 Å². The van der Waals surface area contributed by atoms with Crippen molar-refractivity contribution in [3.05, 3.63) is 53.2 Å². The third-order valence-corrected chi connectivity index (χ3v) is 6.77. The molecule has 1 unspecified atom stereocenters. The first-order valence-electron chi connectivity index (χ1n) is 8.86. The molecule has 0 aliphatic carbocycles. The predicted molar refractivity (Wildman–Crippen MR) is 104 cm³/mol. The highest BCUT2D eigenvalue weighted by atomic mass is 32.2. The highest BCUT2D eigenvalue weighted by molar-refractivity contribution is 7.91. The van der Waals surface area contributed by atoms with Crippen LogP contribution in [0.4, 0.5) is 10.1 Å². The van der Waals surface area contributed by atoms with Crippen LogP contribution in [0.2, 0.25) is 0 Å². The predicted octanol–water partition coefficient (Wildman–Crippen LogP) is 2.80. The van der Waals surface area contributed by atoms with Gasteiger partial charge in [-0.1, -0.05) is 0 Å². The fraction of sp³-hybridized carbons (Fsp3) is 0.316. The van der Waals surface area contributed by atoms with Gasteiger partial charge >= 0.3 is 0 Å². The van der Waals surface area contributed by atoms with Crippen LogP contribution >= 0.6 is 0 Å². The molecule has 0 saturated carbocycles. The third-order valence-electron chi connectivity index (χ3n) is 5.02. The first-order valence-corrected chi connectivity index (χ1v) is 10.7. The van der Waals surface area contributed by atoms with Crippen molar-refractivity contribution in [3.63, 3.8) is 0 Å². The van der Waals surface area contributed by atoms with E-state index in [0.29, 0.717) is 40.0 Å². The van der Waals surface area contributed by atoms with Gasteiger partial charge in [0.15, 0.2) is 9.84 Å². The van der Waals surface area contributed by atoms with E-state index in [1.54, 1.807) is 30.7 Å². The SMILES string of the molecule is Cc1nn(C2CCS(=O)(=O)C2)c(C)c1NC(=O)c1cnc2ccc(F)cc2c1. The first kappa shape index (κ1) is 18.5. The number of amides is 1. The number of sulfone groups is 1. The van der Waals surface area contributed by atoms with E-state index in [1.807, 2.05) is 0 Å². The Bertz CT molecular complexity index is 1200. The number of hydrogen-bond donors (Lipinski definition) is 1. The van der Waals surface area contributed by atoms with Crippen molar-refractivity contribution in [2.75, 3.05) is 16.8 Å². The van der Waals surface area contributed by atoms with E-state index in [-0.39, 0.29) is 23.5 Å². The number of rotatable bonds is 3. The molecule has 1 aliphatic heterocycles. The molecule has 0 bridgehead atoms. The lowest BCUT2D eigenvalue weighted by Gasteiger charge is -2.12. The maximum absolute atomic E-state index is 13.4. The Labute approximate surface area is 161 Å². The average molecular weight is 402 g/mol. The van der Waals surface area contributed by atoms with E-state index in [1.165, 1.54) is 18.3 Å². The number of carbonyl (C=O) groups is 1. The van der Waals surface area contributed by atoms with Gasteiger partial charge in [-0.05, 0) is 44.5 Å². The number of halogens is 1. The Balaban J connectivity index is 1.61. The molecule has 1 aliphatic rings. The van der Waals surface area contributed by atoms with Crippen molar-refractivity contribution in [1.82, 2.24) is 14.8 Å². The molecule has 3 aromatic rings. The largest absolute Gasteiger partial charge is 0.319 e. The summed E-state index contributed by atoms with van der Waals surface area (Å²) in [7, 11) is -3.04. The number of nitrogens with zero attached hydrogens (tertiary/aromatic N) is 3. The van der Waals surface area contributed by atoms with Crippen LogP contribution in [0.5, 0.6) is 0 Å². The maximum Gasteiger partial charge on any atom is 0.257 e. The van der Waals surface area contributed by atoms with Gasteiger partial charge in [0.1, 0.15) is 5.82 Å². The summed E-state index contributed by atoms with van der Waals surface area (Å²) in [5.74, 6) is -0.575. The van der Waals surface area contributed by atoms with Gasteiger partial charge in [0, 0.05) is 11.6 Å². The van der Waals surface area contributed by atoms with Crippen molar-refractivity contribution >= 4 is 32.3 Å². The Morgan fingerprint density at radius 2 is 2.07 bits per heavy atom. The van der Waals surface area contributed by atoms with Crippen molar-refractivity contribution in [2.24, 2.45) is 0 Å². The molecule has 146 valence electrons. The van der Waals surface area contributed by atoms with E-state index in [4.69, 9.17) is 0 Å². The number of benzene rings is 1. The van der Waals surface area contributed by atoms with E-state index < -0.39 is 15.7 Å². The summed E-state index contributed by atoms with van der Waals surface area (Å²) in [5, 5.41) is 7.81. The molecule has 1 atom stereocenters. The summed E-state index contributed by atoms with van der Waals surface area (Å²) in [4.78, 5) is 16.9. The fourth-order valence-electron chi connectivity index (χ4n) is 3.58. The summed E-state index contributed by atoms with van der Waals surface area (Å²) < 4.78 is 38.7. The number of carbonyl (C=O) groups excluding carboxylic acids is 1. The van der Waals surface area contributed by atoms with Gasteiger partial charge in [-0.2, -0.15) is 5.10 Å². The lowest BCUT2D eigenvalue weighted by atomic mass is 10.1. The van der Waals surface area contributed by atoms with E-state index in [2.05, 4.69) is 15.4 Å². The van der Waals surface area contributed by atoms with Crippen molar-refractivity contribution in [1.29, 1.82) is 0 Å². The molecule has 3 heterocycles. The molecule has 7 nitrogen and oxygen atoms in total. The van der Waals surface area contributed by atoms with Crippen LogP contribution in [0.15, 0.2) is 30.5 Å². The molecule has 0 spiro atoms. The highest BCUT2D eigenvalue weighted by Gasteiger charge is 2.31. The zero-order chi connectivity index (χ0) is 20.1. The quantitative estimate of drug-likeness (QED) is 0.727. The Morgan fingerprint density at radius 3 is 2.79 bits per heavy atom. The van der Waals surface area contributed by atoms with Gasteiger partial charge in [-0.15, -0.1) is 0 Å². The summed E-state index contributed by atoms with van der Waals surface area (Å²) in [6.07, 6.45) is 1.95. The van der Waals surface area contributed by atoms with Crippen molar-refractivity contribution in [3.8, 4) is 0 Å². The second-order valence-corrected chi connectivity index (χ2v) is 9.29. The van der Waals surface area contributed by atoms with E-state index in [9.17, 15) is 17.6 Å². The molecule has 2 aromatic heterocycles. The lowest BCUT2D eigenvalue weighted by Crippen LogP contribution is -2.15. The first-order chi connectivity index (χ1) is 13.2. The second-order valence-electron chi connectivity index (χ2n) is 7.06. The molecule has 28 heavy (non-hydrogen) atoms. The number of aromatic nitrogens is 3. The van der Waals surface area contributed by atoms with Crippen LogP contribution in [0, 0.1) is 19.7 Å². The van der Waals surface area contributed by atoms with Gasteiger partial charge in [0.25, 0.3) is 5.91 Å². The third kappa shape index (κ3) is 3.37. The van der Waals surface area contributed by atoms with Crippen LogP contribution in [-0.2, 0) is 9.84 Å². The minimum Gasteiger partial charge on any atom is -0.319 e. The molecule has 0 radical (unpaired) electrons. The zero-order valence-electron chi connectivity index (χ0n) is 15.4. The van der Waals surface area contributed by atoms with Crippen LogP contribution in [0.3, 0.4) is 0 Å². The topological polar surface area (TPSA) is 94.0 Å². The molecular weight excluding hydrogens is 383 g/mol. The fourth-order valence-corrected chi connectivity index (χ4v) is 5.27. The van der Waals surface area contributed by atoms with Crippen molar-refractivity contribution < 1.29 is 17.6 Å². The van der Waals surface area contributed by atoms with Crippen LogP contribution in [0.1, 0.15) is 34.2 Å². The standard InChI is InChI=1S/C19H19FN4O3S/c1-11-18(12(2)24(23-11)16-5-6-28(26,27)10-16)22-19(25)14-7-13-8-15(20)3-4-17(13)21-9-14/h3-4,7-9,16H,5-6,10H2,1-2H3,(H,22,25). The summed E-state index contributed by atoms with van der Waals surface area (Å²) >= 11 is 0. The molecule has 4 rings (SSSR count). The summed E-state index contributed by atoms with van der Waals surface area (Å²) in [6.45, 7) is 3.56. The van der Waals surface area contributed by atoms with Gasteiger partial charge in [-0.3, -0.25) is 14.5 Å².